The van der Waals surface area contributed by atoms with Crippen LogP contribution in [0.3, 0.4) is 0 Å². The maximum atomic E-state index is 11.8. The van der Waals surface area contributed by atoms with E-state index < -0.39 is 5.92 Å². The van der Waals surface area contributed by atoms with Gasteiger partial charge in [-0.1, -0.05) is 30.3 Å². The van der Waals surface area contributed by atoms with E-state index in [4.69, 9.17) is 4.74 Å². The first-order valence-electron chi connectivity index (χ1n) is 6.66. The molecule has 1 aliphatic rings. The molecule has 4 nitrogen and oxygen atoms in total. The molecular weight excluding hydrogens is 278 g/mol. The van der Waals surface area contributed by atoms with Crippen LogP contribution >= 0.6 is 12.4 Å². The van der Waals surface area contributed by atoms with E-state index in [1.807, 2.05) is 18.2 Å². The Morgan fingerprint density at radius 2 is 2.05 bits per heavy atom. The molecule has 5 heteroatoms. The average Bonchev–Trinajstić information content (AvgIpc) is 2.42. The Labute approximate surface area is 125 Å². The molecule has 1 aliphatic heterocycles. The van der Waals surface area contributed by atoms with Crippen LogP contribution < -0.4 is 0 Å². The van der Waals surface area contributed by atoms with Crippen LogP contribution in [0.2, 0.25) is 0 Å². The van der Waals surface area contributed by atoms with Gasteiger partial charge in [-0.3, -0.25) is 14.5 Å². The first kappa shape index (κ1) is 16.7. The molecule has 0 aromatic heterocycles. The molecule has 0 spiro atoms. The SMILES string of the molecule is CCOC(=O)C1CN(Cc2ccccc2)CCC1=O.Cl. The third kappa shape index (κ3) is 4.32. The Morgan fingerprint density at radius 3 is 2.70 bits per heavy atom. The van der Waals surface area contributed by atoms with Gasteiger partial charge in [-0.15, -0.1) is 12.4 Å². The molecule has 1 unspecified atom stereocenters. The average molecular weight is 298 g/mol. The molecule has 0 radical (unpaired) electrons. The van der Waals surface area contributed by atoms with Crippen LogP contribution in [-0.4, -0.2) is 36.3 Å². The zero-order valence-electron chi connectivity index (χ0n) is 11.6. The van der Waals surface area contributed by atoms with Crippen LogP contribution in [0, 0.1) is 5.92 Å². The molecule has 0 bridgehead atoms. The number of nitrogens with zero attached hydrogens (tertiary/aromatic N) is 1. The fourth-order valence-corrected chi connectivity index (χ4v) is 2.33. The number of hydrogen-bond acceptors (Lipinski definition) is 4. The van der Waals surface area contributed by atoms with Gasteiger partial charge >= 0.3 is 5.97 Å². The number of benzene rings is 1. The summed E-state index contributed by atoms with van der Waals surface area (Å²) in [5.74, 6) is -0.995. The summed E-state index contributed by atoms with van der Waals surface area (Å²) in [4.78, 5) is 25.7. The molecule has 0 aliphatic carbocycles. The number of carbonyl (C=O) groups is 2. The molecule has 2 rings (SSSR count). The fourth-order valence-electron chi connectivity index (χ4n) is 2.33. The molecule has 1 atom stereocenters. The highest BCUT2D eigenvalue weighted by atomic mass is 35.5. The van der Waals surface area contributed by atoms with E-state index in [-0.39, 0.29) is 24.2 Å². The molecule has 1 saturated heterocycles. The van der Waals surface area contributed by atoms with Crippen molar-refractivity contribution < 1.29 is 14.3 Å². The molecule has 1 fully saturated rings. The van der Waals surface area contributed by atoms with E-state index in [9.17, 15) is 9.59 Å². The van der Waals surface area contributed by atoms with Crippen LogP contribution in [0.4, 0.5) is 0 Å². The Hall–Kier alpha value is -1.39. The second kappa shape index (κ2) is 8.02. The number of halogens is 1. The number of carbonyl (C=O) groups excluding carboxylic acids is 2. The first-order chi connectivity index (χ1) is 9.20. The summed E-state index contributed by atoms with van der Waals surface area (Å²) in [5.41, 5.74) is 1.19. The molecule has 20 heavy (non-hydrogen) atoms. The van der Waals surface area contributed by atoms with Crippen molar-refractivity contribution in [1.29, 1.82) is 0 Å². The predicted molar refractivity (Wildman–Crippen MR) is 78.7 cm³/mol. The van der Waals surface area contributed by atoms with Crippen LogP contribution in [-0.2, 0) is 20.9 Å². The lowest BCUT2D eigenvalue weighted by Crippen LogP contribution is -2.44. The monoisotopic (exact) mass is 297 g/mol. The lowest BCUT2D eigenvalue weighted by Gasteiger charge is -2.30. The lowest BCUT2D eigenvalue weighted by molar-refractivity contribution is -0.154. The minimum atomic E-state index is -0.614. The highest BCUT2D eigenvalue weighted by molar-refractivity contribution is 5.99. The van der Waals surface area contributed by atoms with Crippen LogP contribution in [0.5, 0.6) is 0 Å². The minimum absolute atomic E-state index is 0. The van der Waals surface area contributed by atoms with Crippen LogP contribution in [0.1, 0.15) is 18.9 Å². The third-order valence-corrected chi connectivity index (χ3v) is 3.32. The van der Waals surface area contributed by atoms with Crippen molar-refractivity contribution in [2.75, 3.05) is 19.7 Å². The third-order valence-electron chi connectivity index (χ3n) is 3.32. The maximum absolute atomic E-state index is 11.8. The number of likely N-dealkylation sites (tertiary alicyclic amines) is 1. The second-order valence-corrected chi connectivity index (χ2v) is 4.74. The zero-order chi connectivity index (χ0) is 13.7. The van der Waals surface area contributed by atoms with Crippen molar-refractivity contribution in [3.05, 3.63) is 35.9 Å². The predicted octanol–water partition coefficient (Wildman–Crippen LogP) is 2.06. The van der Waals surface area contributed by atoms with E-state index in [2.05, 4.69) is 17.0 Å². The van der Waals surface area contributed by atoms with Gasteiger partial charge in [0.2, 0.25) is 0 Å². The van der Waals surface area contributed by atoms with Crippen LogP contribution in [0.15, 0.2) is 30.3 Å². The lowest BCUT2D eigenvalue weighted by atomic mass is 9.96. The van der Waals surface area contributed by atoms with Gasteiger partial charge in [-0.2, -0.15) is 0 Å². The van der Waals surface area contributed by atoms with E-state index >= 15 is 0 Å². The van der Waals surface area contributed by atoms with Gasteiger partial charge < -0.3 is 4.74 Å². The van der Waals surface area contributed by atoms with Crippen molar-refractivity contribution in [2.45, 2.75) is 19.9 Å². The molecule has 0 saturated carbocycles. The van der Waals surface area contributed by atoms with Gasteiger partial charge in [0, 0.05) is 26.1 Å². The van der Waals surface area contributed by atoms with E-state index in [0.29, 0.717) is 26.1 Å². The summed E-state index contributed by atoms with van der Waals surface area (Å²) in [7, 11) is 0. The van der Waals surface area contributed by atoms with E-state index in [0.717, 1.165) is 6.54 Å². The Balaban J connectivity index is 0.00000200. The van der Waals surface area contributed by atoms with Crippen molar-refractivity contribution in [3.8, 4) is 0 Å². The molecular formula is C15H20ClNO3. The Bertz CT molecular complexity index is 450. The van der Waals surface area contributed by atoms with Gasteiger partial charge in [0.15, 0.2) is 0 Å². The molecule has 110 valence electrons. The fraction of sp³-hybridized carbons (Fsp3) is 0.467. The molecule has 1 aromatic rings. The first-order valence-corrected chi connectivity index (χ1v) is 6.66. The molecule has 1 heterocycles. The van der Waals surface area contributed by atoms with Gasteiger partial charge in [0.1, 0.15) is 11.7 Å². The molecule has 0 N–H and O–H groups in total. The molecule has 1 aromatic carbocycles. The number of rotatable bonds is 4. The summed E-state index contributed by atoms with van der Waals surface area (Å²) in [6.07, 6.45) is 0.427. The maximum Gasteiger partial charge on any atom is 0.317 e. The van der Waals surface area contributed by atoms with Gasteiger partial charge in [-0.25, -0.2) is 0 Å². The van der Waals surface area contributed by atoms with Gasteiger partial charge in [0.05, 0.1) is 6.61 Å². The normalized spacial score (nSPS) is 19.2. The van der Waals surface area contributed by atoms with E-state index in [1.54, 1.807) is 6.92 Å². The van der Waals surface area contributed by atoms with Gasteiger partial charge in [0.25, 0.3) is 0 Å². The zero-order valence-corrected chi connectivity index (χ0v) is 12.4. The smallest absolute Gasteiger partial charge is 0.317 e. The van der Waals surface area contributed by atoms with Crippen LogP contribution in [0.25, 0.3) is 0 Å². The summed E-state index contributed by atoms with van der Waals surface area (Å²) in [6, 6.07) is 10.1. The van der Waals surface area contributed by atoms with Crippen molar-refractivity contribution >= 4 is 24.2 Å². The minimum Gasteiger partial charge on any atom is -0.465 e. The highest BCUT2D eigenvalue weighted by Crippen LogP contribution is 2.17. The van der Waals surface area contributed by atoms with Crippen molar-refractivity contribution in [2.24, 2.45) is 5.92 Å². The number of ether oxygens (including phenoxy) is 1. The van der Waals surface area contributed by atoms with E-state index in [1.165, 1.54) is 5.56 Å². The number of Topliss-reactive ketones (excluding diaryl/α,β-unsaturated/α-hetero) is 1. The Morgan fingerprint density at radius 1 is 1.35 bits per heavy atom. The summed E-state index contributed by atoms with van der Waals surface area (Å²) < 4.78 is 4.96. The Kier molecular flexibility index (Phi) is 6.68. The van der Waals surface area contributed by atoms with Crippen molar-refractivity contribution in [1.82, 2.24) is 4.90 Å². The number of piperidine rings is 1. The molecule has 0 amide bonds. The second-order valence-electron chi connectivity index (χ2n) is 4.74. The summed E-state index contributed by atoms with van der Waals surface area (Å²) in [6.45, 7) is 4.02. The topological polar surface area (TPSA) is 46.6 Å². The largest absolute Gasteiger partial charge is 0.465 e. The summed E-state index contributed by atoms with van der Waals surface area (Å²) >= 11 is 0. The van der Waals surface area contributed by atoms with Gasteiger partial charge in [-0.05, 0) is 12.5 Å². The van der Waals surface area contributed by atoms with Crippen molar-refractivity contribution in [3.63, 3.8) is 0 Å². The number of ketones is 1. The highest BCUT2D eigenvalue weighted by Gasteiger charge is 2.33. The number of esters is 1. The number of hydrogen-bond donors (Lipinski definition) is 0. The summed E-state index contributed by atoms with van der Waals surface area (Å²) in [5, 5.41) is 0. The quantitative estimate of drug-likeness (QED) is 0.630. The standard InChI is InChI=1S/C15H19NO3.ClH/c1-2-19-15(18)13-11-16(9-8-14(13)17)10-12-6-4-3-5-7-12;/h3-7,13H,2,8-11H2,1H3;1H.